The lowest BCUT2D eigenvalue weighted by Gasteiger charge is -2.41. The molecule has 2 aliphatic rings. The first-order valence-corrected chi connectivity index (χ1v) is 9.02. The van der Waals surface area contributed by atoms with Crippen molar-refractivity contribution in [2.45, 2.75) is 6.04 Å². The van der Waals surface area contributed by atoms with Crippen LogP contribution in [-0.4, -0.2) is 49.4 Å². The van der Waals surface area contributed by atoms with E-state index in [-0.39, 0.29) is 24.8 Å². The van der Waals surface area contributed by atoms with Gasteiger partial charge in [-0.25, -0.2) is 0 Å². The van der Waals surface area contributed by atoms with Crippen molar-refractivity contribution in [2.24, 2.45) is 4.99 Å². The van der Waals surface area contributed by atoms with Gasteiger partial charge in [0.15, 0.2) is 0 Å². The predicted molar refractivity (Wildman–Crippen MR) is 114 cm³/mol. The van der Waals surface area contributed by atoms with Gasteiger partial charge in [-0.15, -0.1) is 42.7 Å². The number of fused-ring (bicyclic) bond motifs is 3. The van der Waals surface area contributed by atoms with E-state index in [9.17, 15) is 0 Å². The van der Waals surface area contributed by atoms with E-state index >= 15 is 0 Å². The van der Waals surface area contributed by atoms with Crippen molar-refractivity contribution in [3.63, 3.8) is 0 Å². The molecule has 4 rings (SSSR count). The highest BCUT2D eigenvalue weighted by molar-refractivity contribution is 7.12. The molecule has 0 spiro atoms. The standard InChI is InChI=1S/C19H21N3S.2ClH/c1-2-9-21-10-11-22-15(14-21)13-20-19(18-8-5-12-23-18)16-6-3-4-7-17(16)22;;/h2-8,12,15H,1,9-11,13-14H2;2*1H. The molecular formula is C19H23Cl2N3S. The molecule has 0 radical (unpaired) electrons. The summed E-state index contributed by atoms with van der Waals surface area (Å²) in [5, 5.41) is 2.13. The van der Waals surface area contributed by atoms with Gasteiger partial charge in [-0.3, -0.25) is 9.89 Å². The summed E-state index contributed by atoms with van der Waals surface area (Å²) in [5.74, 6) is 0. The molecule has 1 aromatic carbocycles. The molecule has 2 aliphatic heterocycles. The predicted octanol–water partition coefficient (Wildman–Crippen LogP) is 4.12. The number of anilines is 1. The van der Waals surface area contributed by atoms with Crippen LogP contribution in [0.3, 0.4) is 0 Å². The van der Waals surface area contributed by atoms with E-state index in [0.29, 0.717) is 6.04 Å². The topological polar surface area (TPSA) is 18.8 Å². The molecule has 1 aromatic heterocycles. The number of piperazine rings is 1. The minimum absolute atomic E-state index is 0. The molecule has 1 saturated heterocycles. The SMILES string of the molecule is C=CCN1CCN2c3ccccc3C(c3cccs3)=NCC2C1.Cl.Cl. The minimum Gasteiger partial charge on any atom is -0.364 e. The lowest BCUT2D eigenvalue weighted by atomic mass is 10.0. The number of aliphatic imine (C=N–C) groups is 1. The largest absolute Gasteiger partial charge is 0.364 e. The van der Waals surface area contributed by atoms with Gasteiger partial charge in [0.2, 0.25) is 0 Å². The maximum atomic E-state index is 5.02. The van der Waals surface area contributed by atoms with E-state index in [4.69, 9.17) is 4.99 Å². The average molecular weight is 396 g/mol. The normalized spacial score (nSPS) is 19.4. The van der Waals surface area contributed by atoms with E-state index in [2.05, 4.69) is 58.2 Å². The van der Waals surface area contributed by atoms with Crippen molar-refractivity contribution >= 4 is 47.5 Å². The molecular weight excluding hydrogens is 373 g/mol. The first-order chi connectivity index (χ1) is 11.4. The average Bonchev–Trinajstić information content (AvgIpc) is 3.05. The van der Waals surface area contributed by atoms with E-state index in [1.165, 1.54) is 16.1 Å². The van der Waals surface area contributed by atoms with Crippen LogP contribution in [-0.2, 0) is 0 Å². The number of hydrogen-bond donors (Lipinski definition) is 0. The van der Waals surface area contributed by atoms with E-state index < -0.39 is 0 Å². The van der Waals surface area contributed by atoms with Crippen molar-refractivity contribution in [1.82, 2.24) is 4.90 Å². The van der Waals surface area contributed by atoms with E-state index in [1.54, 1.807) is 11.3 Å². The summed E-state index contributed by atoms with van der Waals surface area (Å²) >= 11 is 1.77. The number of nitrogens with zero attached hydrogens (tertiary/aromatic N) is 3. The van der Waals surface area contributed by atoms with Gasteiger partial charge in [0.05, 0.1) is 23.2 Å². The van der Waals surface area contributed by atoms with Crippen LogP contribution in [0.5, 0.6) is 0 Å². The molecule has 1 unspecified atom stereocenters. The number of para-hydroxylation sites is 1. The summed E-state index contributed by atoms with van der Waals surface area (Å²) in [6.07, 6.45) is 2.00. The fourth-order valence-corrected chi connectivity index (χ4v) is 4.32. The lowest BCUT2D eigenvalue weighted by molar-refractivity contribution is 0.246. The molecule has 0 aliphatic carbocycles. The number of benzene rings is 1. The molecule has 3 heterocycles. The summed E-state index contributed by atoms with van der Waals surface area (Å²) in [5.41, 5.74) is 3.76. The molecule has 25 heavy (non-hydrogen) atoms. The Kier molecular flexibility index (Phi) is 7.08. The maximum Gasteiger partial charge on any atom is 0.0840 e. The highest BCUT2D eigenvalue weighted by atomic mass is 35.5. The summed E-state index contributed by atoms with van der Waals surface area (Å²) in [7, 11) is 0. The van der Waals surface area contributed by atoms with Crippen LogP contribution in [0.1, 0.15) is 10.4 Å². The highest BCUT2D eigenvalue weighted by Gasteiger charge is 2.31. The van der Waals surface area contributed by atoms with Crippen LogP contribution in [0.2, 0.25) is 0 Å². The number of thiophene rings is 1. The molecule has 0 amide bonds. The second-order valence-electron chi connectivity index (χ2n) is 6.08. The zero-order valence-electron chi connectivity index (χ0n) is 14.0. The summed E-state index contributed by atoms with van der Waals surface area (Å²) < 4.78 is 0. The van der Waals surface area contributed by atoms with Crippen LogP contribution in [0, 0.1) is 0 Å². The van der Waals surface area contributed by atoms with Gasteiger partial charge in [-0.05, 0) is 17.5 Å². The molecule has 0 saturated carbocycles. The Morgan fingerprint density at radius 2 is 2.00 bits per heavy atom. The molecule has 0 bridgehead atoms. The lowest BCUT2D eigenvalue weighted by Crippen LogP contribution is -2.54. The second-order valence-corrected chi connectivity index (χ2v) is 7.03. The van der Waals surface area contributed by atoms with Crippen LogP contribution >= 0.6 is 36.2 Å². The third-order valence-corrected chi connectivity index (χ3v) is 5.51. The first-order valence-electron chi connectivity index (χ1n) is 8.14. The van der Waals surface area contributed by atoms with Gasteiger partial charge >= 0.3 is 0 Å². The second kappa shape index (κ2) is 8.86. The van der Waals surface area contributed by atoms with Crippen LogP contribution < -0.4 is 4.90 Å². The Morgan fingerprint density at radius 3 is 2.76 bits per heavy atom. The summed E-state index contributed by atoms with van der Waals surface area (Å²) in [4.78, 5) is 11.3. The van der Waals surface area contributed by atoms with Crippen molar-refractivity contribution < 1.29 is 0 Å². The van der Waals surface area contributed by atoms with Crippen LogP contribution in [0.15, 0.2) is 59.4 Å². The van der Waals surface area contributed by atoms with Crippen LogP contribution in [0.25, 0.3) is 0 Å². The van der Waals surface area contributed by atoms with Gasteiger partial charge in [0.1, 0.15) is 0 Å². The van der Waals surface area contributed by atoms with Crippen molar-refractivity contribution in [3.8, 4) is 0 Å². The fraction of sp³-hybridized carbons (Fsp3) is 0.316. The Bertz CT molecular complexity index is 730. The van der Waals surface area contributed by atoms with Gasteiger partial charge < -0.3 is 4.90 Å². The molecule has 6 heteroatoms. The number of halogens is 2. The number of hydrogen-bond acceptors (Lipinski definition) is 4. The third-order valence-electron chi connectivity index (χ3n) is 4.64. The monoisotopic (exact) mass is 395 g/mol. The summed E-state index contributed by atoms with van der Waals surface area (Å²) in [6, 6.07) is 13.5. The Morgan fingerprint density at radius 1 is 1.16 bits per heavy atom. The van der Waals surface area contributed by atoms with Gasteiger partial charge in [0, 0.05) is 37.4 Å². The van der Waals surface area contributed by atoms with Crippen molar-refractivity contribution in [2.75, 3.05) is 37.6 Å². The highest BCUT2D eigenvalue weighted by Crippen LogP contribution is 2.31. The molecule has 134 valence electrons. The van der Waals surface area contributed by atoms with Gasteiger partial charge in [-0.1, -0.05) is 30.3 Å². The van der Waals surface area contributed by atoms with E-state index in [1.807, 2.05) is 6.08 Å². The molecule has 1 fully saturated rings. The number of rotatable bonds is 3. The van der Waals surface area contributed by atoms with Gasteiger partial charge in [-0.2, -0.15) is 0 Å². The molecule has 1 atom stereocenters. The summed E-state index contributed by atoms with van der Waals surface area (Å²) in [6.45, 7) is 8.90. The Hall–Kier alpha value is -1.33. The van der Waals surface area contributed by atoms with Crippen LogP contribution in [0.4, 0.5) is 5.69 Å². The first kappa shape index (κ1) is 20.0. The minimum atomic E-state index is 0. The Balaban J connectivity index is 0.00000113. The Labute approximate surface area is 165 Å². The van der Waals surface area contributed by atoms with E-state index in [0.717, 1.165) is 38.4 Å². The third kappa shape index (κ3) is 3.93. The molecule has 0 N–H and O–H groups in total. The van der Waals surface area contributed by atoms with Gasteiger partial charge in [0.25, 0.3) is 0 Å². The fourth-order valence-electron chi connectivity index (χ4n) is 3.57. The molecule has 2 aromatic rings. The quantitative estimate of drug-likeness (QED) is 0.727. The maximum absolute atomic E-state index is 5.02. The zero-order valence-corrected chi connectivity index (χ0v) is 16.5. The van der Waals surface area contributed by atoms with Crippen molar-refractivity contribution in [1.29, 1.82) is 0 Å². The smallest absolute Gasteiger partial charge is 0.0840 e. The zero-order chi connectivity index (χ0) is 15.6. The van der Waals surface area contributed by atoms with Crippen molar-refractivity contribution in [3.05, 3.63) is 64.9 Å². The molecule has 3 nitrogen and oxygen atoms in total.